The number of carbonyl (C=O) groups excluding carboxylic acids is 2. The minimum atomic E-state index is -0.564. The molecule has 1 amide bonds. The number of ether oxygens (including phenoxy) is 1. The zero-order valence-corrected chi connectivity index (χ0v) is 8.00. The van der Waals surface area contributed by atoms with Crippen LogP contribution in [0.5, 0.6) is 0 Å². The molecule has 0 saturated carbocycles. The van der Waals surface area contributed by atoms with Gasteiger partial charge in [0.1, 0.15) is 6.04 Å². The molecule has 0 rings (SSSR count). The number of esters is 1. The van der Waals surface area contributed by atoms with E-state index in [1.807, 2.05) is 0 Å². The molecule has 0 unspecified atom stereocenters. The minimum absolute atomic E-state index is 0.243. The minimum Gasteiger partial charge on any atom is -0.467 e. The molecule has 0 aromatic heterocycles. The van der Waals surface area contributed by atoms with Crippen molar-refractivity contribution in [1.82, 2.24) is 5.32 Å². The molecule has 0 aliphatic rings. The molecule has 0 heterocycles. The Kier molecular flexibility index (Phi) is 5.88. The average Bonchev–Trinajstić information content (AvgIpc) is 2.10. The van der Waals surface area contributed by atoms with Crippen molar-refractivity contribution in [3.63, 3.8) is 0 Å². The predicted octanol–water partition coefficient (Wildman–Crippen LogP) is -0.597. The van der Waals surface area contributed by atoms with E-state index >= 15 is 0 Å². The maximum absolute atomic E-state index is 11.1. The second kappa shape index (κ2) is 6.42. The monoisotopic (exact) mass is 188 g/mol. The van der Waals surface area contributed by atoms with Crippen LogP contribution in [0.3, 0.4) is 0 Å². The summed E-state index contributed by atoms with van der Waals surface area (Å²) >= 11 is 0. The molecule has 3 N–H and O–H groups in total. The van der Waals surface area contributed by atoms with Crippen LogP contribution in [0.2, 0.25) is 0 Å². The van der Waals surface area contributed by atoms with Gasteiger partial charge in [-0.15, -0.1) is 0 Å². The van der Waals surface area contributed by atoms with Crippen LogP contribution in [0.4, 0.5) is 0 Å². The summed E-state index contributed by atoms with van der Waals surface area (Å²) in [5.41, 5.74) is 5.28. The summed E-state index contributed by atoms with van der Waals surface area (Å²) in [6.07, 6.45) is 1.20. The van der Waals surface area contributed by atoms with E-state index in [1.54, 1.807) is 0 Å². The standard InChI is InChI=1S/C8H16N2O3/c1-6(11)10-7(4-3-5-9)8(12)13-2/h7H,3-5,9H2,1-2H3,(H,10,11)/t7-/m0/s1. The van der Waals surface area contributed by atoms with Crippen LogP contribution in [0, 0.1) is 0 Å². The molecule has 0 fully saturated rings. The first-order valence-corrected chi connectivity index (χ1v) is 4.16. The summed E-state index contributed by atoms with van der Waals surface area (Å²) in [7, 11) is 1.29. The highest BCUT2D eigenvalue weighted by Crippen LogP contribution is 1.98. The Bertz CT molecular complexity index is 182. The largest absolute Gasteiger partial charge is 0.467 e. The van der Waals surface area contributed by atoms with E-state index in [9.17, 15) is 9.59 Å². The van der Waals surface area contributed by atoms with Gasteiger partial charge in [-0.25, -0.2) is 4.79 Å². The van der Waals surface area contributed by atoms with Crippen molar-refractivity contribution in [3.8, 4) is 0 Å². The van der Waals surface area contributed by atoms with E-state index in [-0.39, 0.29) is 5.91 Å². The molecule has 1 atom stereocenters. The molecule has 0 bridgehead atoms. The van der Waals surface area contributed by atoms with Crippen molar-refractivity contribution >= 4 is 11.9 Å². The average molecular weight is 188 g/mol. The van der Waals surface area contributed by atoms with Crippen LogP contribution >= 0.6 is 0 Å². The van der Waals surface area contributed by atoms with Crippen LogP contribution in [-0.2, 0) is 14.3 Å². The number of nitrogens with one attached hydrogen (secondary N) is 1. The quantitative estimate of drug-likeness (QED) is 0.565. The first-order chi connectivity index (χ1) is 6.11. The van der Waals surface area contributed by atoms with Crippen molar-refractivity contribution in [2.45, 2.75) is 25.8 Å². The summed E-state index contributed by atoms with van der Waals surface area (Å²) < 4.78 is 4.52. The third-order valence-electron chi connectivity index (χ3n) is 1.56. The molecular weight excluding hydrogens is 172 g/mol. The zero-order valence-electron chi connectivity index (χ0n) is 8.00. The molecule has 5 nitrogen and oxygen atoms in total. The molecule has 0 aromatic rings. The zero-order chi connectivity index (χ0) is 10.3. The smallest absolute Gasteiger partial charge is 0.328 e. The Hall–Kier alpha value is -1.10. The molecule has 13 heavy (non-hydrogen) atoms. The van der Waals surface area contributed by atoms with Gasteiger partial charge in [0.2, 0.25) is 5.91 Å². The summed E-state index contributed by atoms with van der Waals surface area (Å²) in [6, 6.07) is -0.564. The SMILES string of the molecule is COC(=O)[C@H](CCCN)NC(C)=O. The molecule has 0 aromatic carbocycles. The molecule has 0 saturated heterocycles. The number of rotatable bonds is 5. The van der Waals surface area contributed by atoms with E-state index in [0.29, 0.717) is 19.4 Å². The Balaban J connectivity index is 4.02. The maximum Gasteiger partial charge on any atom is 0.328 e. The summed E-state index contributed by atoms with van der Waals surface area (Å²) in [5, 5.41) is 2.50. The highest BCUT2D eigenvalue weighted by molar-refractivity contribution is 5.83. The number of nitrogens with two attached hydrogens (primary N) is 1. The highest BCUT2D eigenvalue weighted by atomic mass is 16.5. The molecule has 0 radical (unpaired) electrons. The van der Waals surface area contributed by atoms with Crippen molar-refractivity contribution in [2.24, 2.45) is 5.73 Å². The third kappa shape index (κ3) is 5.19. The fourth-order valence-corrected chi connectivity index (χ4v) is 0.959. The van der Waals surface area contributed by atoms with Crippen molar-refractivity contribution in [1.29, 1.82) is 0 Å². The molecule has 0 aliphatic heterocycles. The topological polar surface area (TPSA) is 81.4 Å². The fourth-order valence-electron chi connectivity index (χ4n) is 0.959. The van der Waals surface area contributed by atoms with Crippen molar-refractivity contribution in [2.75, 3.05) is 13.7 Å². The van der Waals surface area contributed by atoms with Gasteiger partial charge in [-0.3, -0.25) is 4.79 Å². The Labute approximate surface area is 77.6 Å². The first-order valence-electron chi connectivity index (χ1n) is 4.16. The maximum atomic E-state index is 11.1. The van der Waals surface area contributed by atoms with Crippen LogP contribution in [0.15, 0.2) is 0 Å². The first kappa shape index (κ1) is 11.9. The van der Waals surface area contributed by atoms with E-state index in [2.05, 4.69) is 10.1 Å². The lowest BCUT2D eigenvalue weighted by atomic mass is 10.1. The lowest BCUT2D eigenvalue weighted by molar-refractivity contribution is -0.145. The van der Waals surface area contributed by atoms with Gasteiger partial charge in [0.25, 0.3) is 0 Å². The summed E-state index contributed by atoms with van der Waals surface area (Å²) in [5.74, 6) is -0.670. The summed E-state index contributed by atoms with van der Waals surface area (Å²) in [6.45, 7) is 1.85. The van der Waals surface area contributed by atoms with E-state index < -0.39 is 12.0 Å². The second-order valence-corrected chi connectivity index (χ2v) is 2.71. The number of carbonyl (C=O) groups is 2. The van der Waals surface area contributed by atoms with Crippen LogP contribution in [0.1, 0.15) is 19.8 Å². The molecule has 0 spiro atoms. The number of hydrogen-bond donors (Lipinski definition) is 2. The Morgan fingerprint density at radius 3 is 2.54 bits per heavy atom. The Morgan fingerprint density at radius 2 is 2.15 bits per heavy atom. The van der Waals surface area contributed by atoms with Gasteiger partial charge in [0.05, 0.1) is 7.11 Å². The van der Waals surface area contributed by atoms with Crippen LogP contribution in [-0.4, -0.2) is 31.6 Å². The van der Waals surface area contributed by atoms with Crippen LogP contribution < -0.4 is 11.1 Å². The Morgan fingerprint density at radius 1 is 1.54 bits per heavy atom. The van der Waals surface area contributed by atoms with Gasteiger partial charge in [0, 0.05) is 6.92 Å². The molecule has 0 aliphatic carbocycles. The van der Waals surface area contributed by atoms with E-state index in [1.165, 1.54) is 14.0 Å². The van der Waals surface area contributed by atoms with Crippen molar-refractivity contribution < 1.29 is 14.3 Å². The summed E-state index contributed by atoms with van der Waals surface area (Å²) in [4.78, 5) is 21.8. The predicted molar refractivity (Wildman–Crippen MR) is 47.9 cm³/mol. The second-order valence-electron chi connectivity index (χ2n) is 2.71. The molecule has 76 valence electrons. The van der Waals surface area contributed by atoms with E-state index in [4.69, 9.17) is 5.73 Å². The fraction of sp³-hybridized carbons (Fsp3) is 0.750. The number of hydrogen-bond acceptors (Lipinski definition) is 4. The molecular formula is C8H16N2O3. The van der Waals surface area contributed by atoms with Crippen molar-refractivity contribution in [3.05, 3.63) is 0 Å². The van der Waals surface area contributed by atoms with E-state index in [0.717, 1.165) is 0 Å². The van der Waals surface area contributed by atoms with Gasteiger partial charge >= 0.3 is 5.97 Å². The van der Waals surface area contributed by atoms with Gasteiger partial charge in [-0.1, -0.05) is 0 Å². The third-order valence-corrected chi connectivity index (χ3v) is 1.56. The number of amides is 1. The molecule has 5 heteroatoms. The lowest BCUT2D eigenvalue weighted by Crippen LogP contribution is -2.40. The normalized spacial score (nSPS) is 11.9. The van der Waals surface area contributed by atoms with Gasteiger partial charge in [0.15, 0.2) is 0 Å². The van der Waals surface area contributed by atoms with Crippen LogP contribution in [0.25, 0.3) is 0 Å². The van der Waals surface area contributed by atoms with Gasteiger partial charge < -0.3 is 15.8 Å². The lowest BCUT2D eigenvalue weighted by Gasteiger charge is -2.14. The van der Waals surface area contributed by atoms with Gasteiger partial charge in [-0.05, 0) is 19.4 Å². The van der Waals surface area contributed by atoms with Gasteiger partial charge in [-0.2, -0.15) is 0 Å². The highest BCUT2D eigenvalue weighted by Gasteiger charge is 2.18. The number of methoxy groups -OCH3 is 1.